The minimum Gasteiger partial charge on any atom is -0.397 e. The lowest BCUT2D eigenvalue weighted by Crippen LogP contribution is -2.13. The van der Waals surface area contributed by atoms with Crippen LogP contribution in [0.3, 0.4) is 0 Å². The van der Waals surface area contributed by atoms with Crippen LogP contribution < -0.4 is 16.2 Å². The molecule has 5 N–H and O–H groups in total. The van der Waals surface area contributed by atoms with E-state index in [1.54, 1.807) is 11.3 Å². The number of hydrogen-bond acceptors (Lipinski definition) is 5. The molecule has 0 amide bonds. The van der Waals surface area contributed by atoms with Gasteiger partial charge in [0.2, 0.25) is 10.0 Å². The predicted octanol–water partition coefficient (Wildman–Crippen LogP) is 1.59. The second-order valence-electron chi connectivity index (χ2n) is 3.73. The standard InChI is InChI=1S/C11H13N3O2S2/c12-10-4-3-9(18(13,15)16)6-11(10)14-7-8-2-1-5-17-8/h1-6,14H,7,12H2,(H2,13,15,16). The average molecular weight is 283 g/mol. The number of sulfonamides is 1. The number of nitrogen functional groups attached to an aromatic ring is 1. The van der Waals surface area contributed by atoms with Gasteiger partial charge in [0.25, 0.3) is 0 Å². The van der Waals surface area contributed by atoms with E-state index in [9.17, 15) is 8.42 Å². The van der Waals surface area contributed by atoms with Crippen molar-refractivity contribution in [2.75, 3.05) is 11.1 Å². The molecule has 0 aliphatic heterocycles. The summed E-state index contributed by atoms with van der Waals surface area (Å²) in [5.41, 5.74) is 6.83. The van der Waals surface area contributed by atoms with Gasteiger partial charge in [-0.25, -0.2) is 13.6 Å². The van der Waals surface area contributed by atoms with Crippen LogP contribution in [-0.4, -0.2) is 8.42 Å². The fraction of sp³-hybridized carbons (Fsp3) is 0.0909. The molecular weight excluding hydrogens is 270 g/mol. The van der Waals surface area contributed by atoms with Crippen molar-refractivity contribution < 1.29 is 8.42 Å². The Bertz CT molecular complexity index is 636. The van der Waals surface area contributed by atoms with Crippen molar-refractivity contribution in [2.24, 2.45) is 5.14 Å². The normalized spacial score (nSPS) is 11.4. The summed E-state index contributed by atoms with van der Waals surface area (Å²) < 4.78 is 22.5. The summed E-state index contributed by atoms with van der Waals surface area (Å²) in [5, 5.41) is 10.1. The molecule has 0 unspecified atom stereocenters. The first kappa shape index (κ1) is 12.9. The number of thiophene rings is 1. The van der Waals surface area contributed by atoms with Gasteiger partial charge in [-0.1, -0.05) is 6.07 Å². The lowest BCUT2D eigenvalue weighted by molar-refractivity contribution is 0.598. The predicted molar refractivity (Wildman–Crippen MR) is 73.9 cm³/mol. The first-order valence-corrected chi connectivity index (χ1v) is 7.58. The monoisotopic (exact) mass is 283 g/mol. The minimum atomic E-state index is -3.71. The molecule has 0 atom stereocenters. The molecule has 96 valence electrons. The Morgan fingerprint density at radius 2 is 2.06 bits per heavy atom. The highest BCUT2D eigenvalue weighted by atomic mass is 32.2. The fourth-order valence-corrected chi connectivity index (χ4v) is 2.65. The molecule has 5 nitrogen and oxygen atoms in total. The number of primary sulfonamides is 1. The second-order valence-corrected chi connectivity index (χ2v) is 6.32. The molecule has 1 aromatic carbocycles. The summed E-state index contributed by atoms with van der Waals surface area (Å²) in [6, 6.07) is 8.29. The van der Waals surface area contributed by atoms with Gasteiger partial charge in [0.15, 0.2) is 0 Å². The molecule has 0 radical (unpaired) electrons. The van der Waals surface area contributed by atoms with Gasteiger partial charge >= 0.3 is 0 Å². The minimum absolute atomic E-state index is 0.0466. The van der Waals surface area contributed by atoms with E-state index < -0.39 is 10.0 Å². The van der Waals surface area contributed by atoms with Crippen LogP contribution in [0.15, 0.2) is 40.6 Å². The van der Waals surface area contributed by atoms with Crippen LogP contribution in [0, 0.1) is 0 Å². The second kappa shape index (κ2) is 4.97. The van der Waals surface area contributed by atoms with Crippen LogP contribution in [0.1, 0.15) is 4.88 Å². The lowest BCUT2D eigenvalue weighted by atomic mass is 10.2. The van der Waals surface area contributed by atoms with Crippen molar-refractivity contribution in [1.29, 1.82) is 0 Å². The number of anilines is 2. The third-order valence-electron chi connectivity index (χ3n) is 2.39. The fourth-order valence-electron chi connectivity index (χ4n) is 1.46. The highest BCUT2D eigenvalue weighted by Crippen LogP contribution is 2.23. The average Bonchev–Trinajstić information content (AvgIpc) is 2.79. The van der Waals surface area contributed by atoms with Gasteiger partial charge in [-0.3, -0.25) is 0 Å². The number of rotatable bonds is 4. The van der Waals surface area contributed by atoms with E-state index in [0.717, 1.165) is 4.88 Å². The van der Waals surface area contributed by atoms with Crippen LogP contribution in [0.25, 0.3) is 0 Å². The molecule has 18 heavy (non-hydrogen) atoms. The summed E-state index contributed by atoms with van der Waals surface area (Å²) >= 11 is 1.61. The van der Waals surface area contributed by atoms with Crippen molar-refractivity contribution in [2.45, 2.75) is 11.4 Å². The number of benzene rings is 1. The Balaban J connectivity index is 2.22. The van der Waals surface area contributed by atoms with E-state index in [2.05, 4.69) is 5.32 Å². The molecule has 0 bridgehead atoms. The Morgan fingerprint density at radius 3 is 2.67 bits per heavy atom. The molecule has 2 aromatic rings. The van der Waals surface area contributed by atoms with Crippen molar-refractivity contribution >= 4 is 32.7 Å². The van der Waals surface area contributed by atoms with E-state index in [1.165, 1.54) is 18.2 Å². The van der Waals surface area contributed by atoms with Gasteiger partial charge < -0.3 is 11.1 Å². The molecule has 0 saturated heterocycles. The molecule has 1 aromatic heterocycles. The zero-order valence-corrected chi connectivity index (χ0v) is 11.1. The smallest absolute Gasteiger partial charge is 0.238 e. The Morgan fingerprint density at radius 1 is 1.28 bits per heavy atom. The highest BCUT2D eigenvalue weighted by Gasteiger charge is 2.10. The molecule has 2 rings (SSSR count). The number of nitrogens with two attached hydrogens (primary N) is 2. The van der Waals surface area contributed by atoms with Gasteiger partial charge in [0.1, 0.15) is 0 Å². The van der Waals surface area contributed by atoms with Gasteiger partial charge in [-0.05, 0) is 29.6 Å². The molecule has 0 fully saturated rings. The van der Waals surface area contributed by atoms with E-state index >= 15 is 0 Å². The molecule has 7 heteroatoms. The Labute approximate surface area is 109 Å². The molecule has 0 saturated carbocycles. The van der Waals surface area contributed by atoms with Crippen molar-refractivity contribution in [1.82, 2.24) is 0 Å². The van der Waals surface area contributed by atoms with Crippen LogP contribution in [0.5, 0.6) is 0 Å². The van der Waals surface area contributed by atoms with Crippen LogP contribution in [-0.2, 0) is 16.6 Å². The number of nitrogens with one attached hydrogen (secondary N) is 1. The summed E-state index contributed by atoms with van der Waals surface area (Å²) in [7, 11) is -3.71. The zero-order chi connectivity index (χ0) is 13.2. The van der Waals surface area contributed by atoms with Crippen LogP contribution in [0.4, 0.5) is 11.4 Å². The Hall–Kier alpha value is -1.57. The van der Waals surface area contributed by atoms with Crippen LogP contribution >= 0.6 is 11.3 Å². The third kappa shape index (κ3) is 3.00. The summed E-state index contributed by atoms with van der Waals surface area (Å²) in [5.74, 6) is 0. The summed E-state index contributed by atoms with van der Waals surface area (Å²) in [6.07, 6.45) is 0. The highest BCUT2D eigenvalue weighted by molar-refractivity contribution is 7.89. The zero-order valence-electron chi connectivity index (χ0n) is 9.46. The topological polar surface area (TPSA) is 98.2 Å². The quantitative estimate of drug-likeness (QED) is 0.742. The molecule has 0 spiro atoms. The maximum atomic E-state index is 11.2. The first-order valence-electron chi connectivity index (χ1n) is 5.15. The molecule has 0 aliphatic carbocycles. The lowest BCUT2D eigenvalue weighted by Gasteiger charge is -2.09. The largest absolute Gasteiger partial charge is 0.397 e. The van der Waals surface area contributed by atoms with E-state index in [-0.39, 0.29) is 4.90 Å². The van der Waals surface area contributed by atoms with Crippen molar-refractivity contribution in [3.05, 3.63) is 40.6 Å². The maximum absolute atomic E-state index is 11.2. The maximum Gasteiger partial charge on any atom is 0.238 e. The van der Waals surface area contributed by atoms with E-state index in [1.807, 2.05) is 17.5 Å². The SMILES string of the molecule is Nc1ccc(S(N)(=O)=O)cc1NCc1cccs1. The van der Waals surface area contributed by atoms with Gasteiger partial charge in [0, 0.05) is 11.4 Å². The van der Waals surface area contributed by atoms with Crippen LogP contribution in [0.2, 0.25) is 0 Å². The van der Waals surface area contributed by atoms with Gasteiger partial charge in [-0.2, -0.15) is 0 Å². The molecule has 0 aliphatic rings. The van der Waals surface area contributed by atoms with Crippen molar-refractivity contribution in [3.8, 4) is 0 Å². The van der Waals surface area contributed by atoms with E-state index in [0.29, 0.717) is 17.9 Å². The van der Waals surface area contributed by atoms with E-state index in [4.69, 9.17) is 10.9 Å². The first-order chi connectivity index (χ1) is 8.47. The summed E-state index contributed by atoms with van der Waals surface area (Å²) in [6.45, 7) is 0.593. The number of hydrogen-bond donors (Lipinski definition) is 3. The third-order valence-corrected chi connectivity index (χ3v) is 4.17. The summed E-state index contributed by atoms with van der Waals surface area (Å²) in [4.78, 5) is 1.18. The van der Waals surface area contributed by atoms with Gasteiger partial charge in [0.05, 0.1) is 16.3 Å². The van der Waals surface area contributed by atoms with Gasteiger partial charge in [-0.15, -0.1) is 11.3 Å². The Kier molecular flexibility index (Phi) is 3.55. The van der Waals surface area contributed by atoms with Crippen molar-refractivity contribution in [3.63, 3.8) is 0 Å². The molecule has 1 heterocycles. The molecular formula is C11H13N3O2S2.